The second-order valence-corrected chi connectivity index (χ2v) is 15.5. The highest BCUT2D eigenvalue weighted by atomic mass is 31.2. The van der Waals surface area contributed by atoms with Crippen molar-refractivity contribution >= 4 is 8.60 Å². The first-order valence-corrected chi connectivity index (χ1v) is 17.5. The van der Waals surface area contributed by atoms with E-state index in [-0.39, 0.29) is 10.8 Å². The fourth-order valence-electron chi connectivity index (χ4n) is 7.03. The Kier molecular flexibility index (Phi) is 12.1. The van der Waals surface area contributed by atoms with Crippen LogP contribution in [0.25, 0.3) is 0 Å². The van der Waals surface area contributed by atoms with E-state index < -0.39 is 14.2 Å². The normalized spacial score (nSPS) is 14.8. The van der Waals surface area contributed by atoms with Crippen LogP contribution < -0.4 is 0 Å². The average Bonchev–Trinajstić information content (AvgIpc) is 2.84. The van der Waals surface area contributed by atoms with Crippen LogP contribution in [0.4, 0.5) is 0 Å². The van der Waals surface area contributed by atoms with Gasteiger partial charge >= 0.3 is 8.60 Å². The van der Waals surface area contributed by atoms with Crippen molar-refractivity contribution in [2.45, 2.75) is 162 Å². The molecule has 0 amide bonds. The van der Waals surface area contributed by atoms with E-state index in [9.17, 15) is 9.79 Å². The van der Waals surface area contributed by atoms with Crippen LogP contribution in [-0.2, 0) is 27.4 Å². The van der Waals surface area contributed by atoms with Crippen molar-refractivity contribution in [3.63, 3.8) is 0 Å². The first-order valence-electron chi connectivity index (χ1n) is 16.4. The molecule has 0 fully saturated rings. The van der Waals surface area contributed by atoms with Gasteiger partial charge in [-0.05, 0) is 77.3 Å². The van der Waals surface area contributed by atoms with Gasteiger partial charge in [0.25, 0.3) is 0 Å². The number of aryl methyl sites for hydroxylation is 2. The number of unbranched alkanes of at least 4 members (excludes halogenated alkanes) is 10. The van der Waals surface area contributed by atoms with Gasteiger partial charge in [-0.3, -0.25) is 4.52 Å². The summed E-state index contributed by atoms with van der Waals surface area (Å²) in [6.07, 6.45) is 15.7. The Labute approximate surface area is 253 Å². The van der Waals surface area contributed by atoms with Crippen LogP contribution >= 0.6 is 8.60 Å². The maximum Gasteiger partial charge on any atom is 0.328 e. The zero-order chi connectivity index (χ0) is 30.4. The smallest absolute Gasteiger partial charge is 0.328 e. The molecule has 0 bridgehead atoms. The van der Waals surface area contributed by atoms with Crippen LogP contribution in [0, 0.1) is 13.8 Å². The zero-order valence-corrected chi connectivity index (χ0v) is 28.6. The second kappa shape index (κ2) is 14.5. The molecule has 0 atom stereocenters. The fraction of sp³-hybridized carbons (Fsp3) is 0.676. The second-order valence-electron chi connectivity index (χ2n) is 14.8. The highest BCUT2D eigenvalue weighted by Gasteiger charge is 2.48. The van der Waals surface area contributed by atoms with Crippen molar-refractivity contribution in [1.29, 1.82) is 0 Å². The summed E-state index contributed by atoms with van der Waals surface area (Å²) in [4.78, 5) is 21.2. The Hall–Kier alpha value is -1.25. The average molecular weight is 583 g/mol. The molecule has 2 aromatic rings. The van der Waals surface area contributed by atoms with Crippen molar-refractivity contribution in [1.82, 2.24) is 0 Å². The van der Waals surface area contributed by atoms with Gasteiger partial charge in [0, 0.05) is 0 Å². The Morgan fingerprint density at radius 3 is 1.41 bits per heavy atom. The van der Waals surface area contributed by atoms with Gasteiger partial charge in [0.05, 0.1) is 0 Å². The lowest BCUT2D eigenvalue weighted by atomic mass is 9.63. The summed E-state index contributed by atoms with van der Waals surface area (Å²) < 4.78 is 6.55. The molecule has 0 spiro atoms. The highest BCUT2D eigenvalue weighted by Crippen LogP contribution is 2.56. The Morgan fingerprint density at radius 1 is 0.659 bits per heavy atom. The van der Waals surface area contributed by atoms with E-state index in [1.54, 1.807) is 0 Å². The van der Waals surface area contributed by atoms with Gasteiger partial charge in [-0.15, -0.1) is 0 Å². The van der Waals surface area contributed by atoms with Crippen molar-refractivity contribution in [2.75, 3.05) is 0 Å². The molecule has 41 heavy (non-hydrogen) atoms. The van der Waals surface area contributed by atoms with E-state index >= 15 is 0 Å². The fourth-order valence-corrected chi connectivity index (χ4v) is 7.59. The zero-order valence-electron chi connectivity index (χ0n) is 27.8. The lowest BCUT2D eigenvalue weighted by Gasteiger charge is -2.46. The summed E-state index contributed by atoms with van der Waals surface area (Å²) >= 11 is 0. The molecule has 0 saturated carbocycles. The number of rotatable bonds is 14. The van der Waals surface area contributed by atoms with Gasteiger partial charge in [0.1, 0.15) is 5.60 Å². The van der Waals surface area contributed by atoms with Crippen molar-refractivity contribution in [3.05, 3.63) is 68.8 Å². The molecule has 1 aliphatic carbocycles. The number of hydrogen-bond acceptors (Lipinski definition) is 3. The Morgan fingerprint density at radius 2 is 1.05 bits per heavy atom. The molecule has 2 N–H and O–H groups in total. The van der Waals surface area contributed by atoms with Crippen molar-refractivity contribution in [2.24, 2.45) is 0 Å². The molecule has 3 nitrogen and oxygen atoms in total. The molecule has 0 aromatic heterocycles. The number of fused-ring (bicyclic) bond motifs is 2. The highest BCUT2D eigenvalue weighted by molar-refractivity contribution is 7.39. The summed E-state index contributed by atoms with van der Waals surface area (Å²) in [5, 5.41) is 0. The number of benzene rings is 2. The summed E-state index contributed by atoms with van der Waals surface area (Å²) in [7, 11) is -2.57. The Balaban J connectivity index is 2.01. The van der Waals surface area contributed by atoms with E-state index in [4.69, 9.17) is 4.52 Å². The van der Waals surface area contributed by atoms with Gasteiger partial charge in [-0.1, -0.05) is 148 Å². The molecule has 0 unspecified atom stereocenters. The third-order valence-electron chi connectivity index (χ3n) is 8.90. The predicted octanol–water partition coefficient (Wildman–Crippen LogP) is 11.0. The SMILES string of the molecule is CCCCCCCCCCCCCC1(OP(O)O)c2c(cc(C)cc2C(C)(C)C)Cc2cc(C)cc(C(C)(C)C)c21. The van der Waals surface area contributed by atoms with E-state index in [1.807, 2.05) is 0 Å². The first-order chi connectivity index (χ1) is 19.2. The molecule has 3 rings (SSSR count). The maximum atomic E-state index is 10.6. The number of hydrogen-bond donors (Lipinski definition) is 2. The first kappa shape index (κ1) is 34.2. The van der Waals surface area contributed by atoms with Crippen LogP contribution in [0.15, 0.2) is 24.3 Å². The van der Waals surface area contributed by atoms with Gasteiger partial charge in [-0.2, -0.15) is 0 Å². The molecule has 0 saturated heterocycles. The monoisotopic (exact) mass is 582 g/mol. The van der Waals surface area contributed by atoms with E-state index in [2.05, 4.69) is 86.6 Å². The molecule has 0 aliphatic heterocycles. The minimum absolute atomic E-state index is 0.112. The van der Waals surface area contributed by atoms with Crippen LogP contribution in [0.2, 0.25) is 0 Å². The lowest BCUT2D eigenvalue weighted by molar-refractivity contribution is 0.0718. The third-order valence-corrected chi connectivity index (χ3v) is 9.38. The molecule has 2 aromatic carbocycles. The van der Waals surface area contributed by atoms with Gasteiger partial charge in [-0.25, -0.2) is 0 Å². The van der Waals surface area contributed by atoms with Gasteiger partial charge in [0.2, 0.25) is 0 Å². The summed E-state index contributed by atoms with van der Waals surface area (Å²) in [6.45, 7) is 20.2. The topological polar surface area (TPSA) is 49.7 Å². The van der Waals surface area contributed by atoms with Crippen molar-refractivity contribution < 1.29 is 14.3 Å². The van der Waals surface area contributed by atoms with E-state index in [1.165, 1.54) is 102 Å². The van der Waals surface area contributed by atoms with Crippen LogP contribution in [0.3, 0.4) is 0 Å². The quantitative estimate of drug-likeness (QED) is 0.172. The molecular weight excluding hydrogens is 523 g/mol. The third kappa shape index (κ3) is 8.66. The van der Waals surface area contributed by atoms with Crippen LogP contribution in [0.1, 0.15) is 170 Å². The maximum absolute atomic E-state index is 10.6. The van der Waals surface area contributed by atoms with Gasteiger partial charge in [0.15, 0.2) is 0 Å². The molecule has 0 radical (unpaired) electrons. The van der Waals surface area contributed by atoms with E-state index in [0.29, 0.717) is 0 Å². The largest absolute Gasteiger partial charge is 0.328 e. The van der Waals surface area contributed by atoms with Gasteiger partial charge < -0.3 is 9.79 Å². The standard InChI is InChI=1S/C37H59O3P/c1-10-11-12-13-14-15-16-17-18-19-20-21-37(40-41(38)39)33-29(22-27(2)24-31(33)35(4,5)6)26-30-23-28(3)25-32(34(30)37)36(7,8)9/h22-25,38-39H,10-21,26H2,1-9H3. The van der Waals surface area contributed by atoms with Crippen LogP contribution in [-0.4, -0.2) is 9.79 Å². The van der Waals surface area contributed by atoms with Crippen molar-refractivity contribution in [3.8, 4) is 0 Å². The molecule has 0 heterocycles. The minimum atomic E-state index is -2.57. The lowest BCUT2D eigenvalue weighted by Crippen LogP contribution is -2.40. The molecule has 4 heteroatoms. The summed E-state index contributed by atoms with van der Waals surface area (Å²) in [5.41, 5.74) is 8.82. The van der Waals surface area contributed by atoms with E-state index in [0.717, 1.165) is 25.7 Å². The summed E-state index contributed by atoms with van der Waals surface area (Å²) in [6, 6.07) is 9.24. The summed E-state index contributed by atoms with van der Waals surface area (Å²) in [5.74, 6) is 0. The minimum Gasteiger partial charge on any atom is -0.328 e. The Bertz CT molecular complexity index is 1070. The molecule has 230 valence electrons. The molecular formula is C37H59O3P. The molecule has 1 aliphatic rings. The van der Waals surface area contributed by atoms with Crippen LogP contribution in [0.5, 0.6) is 0 Å². The predicted molar refractivity (Wildman–Crippen MR) is 177 cm³/mol.